The Labute approximate surface area is 176 Å². The van der Waals surface area contributed by atoms with Crippen molar-refractivity contribution in [3.05, 3.63) is 48.2 Å². The number of anilines is 2. The van der Waals surface area contributed by atoms with Gasteiger partial charge in [0, 0.05) is 48.5 Å². The number of fused-ring (bicyclic) bond motifs is 1. The molecule has 3 N–H and O–H groups in total. The quantitative estimate of drug-likeness (QED) is 0.636. The monoisotopic (exact) mass is 412 g/mol. The molecule has 0 radical (unpaired) electrons. The van der Waals surface area contributed by atoms with E-state index in [0.29, 0.717) is 24.7 Å². The maximum Gasteiger partial charge on any atom is 0.236 e. The van der Waals surface area contributed by atoms with E-state index < -0.39 is 0 Å². The minimum Gasteiger partial charge on any atom is -0.491 e. The molecule has 9 heteroatoms. The molecule has 3 aromatic heterocycles. The molecule has 0 amide bonds. The number of methoxy groups -OCH3 is 1. The number of pyridine rings is 2. The van der Waals surface area contributed by atoms with E-state index in [2.05, 4.69) is 32.2 Å². The molecule has 0 saturated carbocycles. The van der Waals surface area contributed by atoms with Gasteiger partial charge in [-0.2, -0.15) is 13.5 Å². The van der Waals surface area contributed by atoms with Crippen molar-refractivity contribution < 1.29 is 9.47 Å². The van der Waals surface area contributed by atoms with Crippen molar-refractivity contribution in [1.82, 2.24) is 19.9 Å². The second-order valence-corrected chi connectivity index (χ2v) is 6.67. The average molecular weight is 413 g/mol. The van der Waals surface area contributed by atoms with Crippen LogP contribution in [0.1, 0.15) is 24.1 Å². The molecule has 0 fully saturated rings. The van der Waals surface area contributed by atoms with Crippen LogP contribution in [0.3, 0.4) is 0 Å². The van der Waals surface area contributed by atoms with Gasteiger partial charge in [-0.15, -0.1) is 0 Å². The van der Waals surface area contributed by atoms with Crippen molar-refractivity contribution >= 4 is 25.0 Å². The number of hydrogen-bond acceptors (Lipinski definition) is 8. The van der Waals surface area contributed by atoms with Crippen molar-refractivity contribution in [2.75, 3.05) is 31.3 Å². The standard InChI is InChI=1S/C20H22N6O2.H2S/c1-12(14-3-5-22-16-4-6-28-19(14)16)9-23-18-8-17(25-11-26-18)13-7-15(21)20(27-2)24-10-13;/h3,5,7-8,10-12H,4,6,9,21H2,1-2H3,(H,23,25,26);1H2/t12-;/m1./s1. The summed E-state index contributed by atoms with van der Waals surface area (Å²) in [6.45, 7) is 3.56. The summed E-state index contributed by atoms with van der Waals surface area (Å²) in [6.07, 6.45) is 5.93. The summed E-state index contributed by atoms with van der Waals surface area (Å²) < 4.78 is 10.9. The number of nitrogens with zero attached hydrogens (tertiary/aromatic N) is 4. The van der Waals surface area contributed by atoms with E-state index >= 15 is 0 Å². The van der Waals surface area contributed by atoms with Gasteiger partial charge in [0.05, 0.1) is 30.8 Å². The maximum absolute atomic E-state index is 5.95. The molecular weight excluding hydrogens is 388 g/mol. The first-order valence-electron chi connectivity index (χ1n) is 9.12. The van der Waals surface area contributed by atoms with Gasteiger partial charge in [0.25, 0.3) is 0 Å². The smallest absolute Gasteiger partial charge is 0.236 e. The van der Waals surface area contributed by atoms with Gasteiger partial charge in [-0.3, -0.25) is 4.98 Å². The van der Waals surface area contributed by atoms with Crippen LogP contribution in [0.4, 0.5) is 11.5 Å². The first-order valence-corrected chi connectivity index (χ1v) is 9.12. The molecule has 4 rings (SSSR count). The molecule has 0 spiro atoms. The Morgan fingerprint density at radius 2 is 2.10 bits per heavy atom. The molecular formula is C20H24N6O2S. The SMILES string of the molecule is COc1ncc(-c2cc(NC[C@@H](C)c3ccnc4c3OCC4)ncn2)cc1N.S. The number of nitrogens with two attached hydrogens (primary N) is 1. The Balaban J connectivity index is 0.00000240. The van der Waals surface area contributed by atoms with E-state index in [1.807, 2.05) is 18.3 Å². The highest BCUT2D eigenvalue weighted by Crippen LogP contribution is 2.33. The third-order valence-electron chi connectivity index (χ3n) is 4.75. The highest BCUT2D eigenvalue weighted by Gasteiger charge is 2.20. The lowest BCUT2D eigenvalue weighted by molar-refractivity contribution is 0.352. The fourth-order valence-electron chi connectivity index (χ4n) is 3.25. The Bertz CT molecular complexity index is 1000. The average Bonchev–Trinajstić information content (AvgIpc) is 3.21. The van der Waals surface area contributed by atoms with E-state index in [0.717, 1.165) is 40.5 Å². The first kappa shape index (κ1) is 20.7. The van der Waals surface area contributed by atoms with Gasteiger partial charge >= 0.3 is 0 Å². The minimum atomic E-state index is 0. The van der Waals surface area contributed by atoms with Crippen molar-refractivity contribution in [2.24, 2.45) is 0 Å². The summed E-state index contributed by atoms with van der Waals surface area (Å²) in [4.78, 5) is 17.2. The number of nitrogens with one attached hydrogen (secondary N) is 1. The summed E-state index contributed by atoms with van der Waals surface area (Å²) in [5.41, 5.74) is 10.2. The van der Waals surface area contributed by atoms with E-state index in [1.165, 1.54) is 13.4 Å². The van der Waals surface area contributed by atoms with E-state index in [4.69, 9.17) is 15.2 Å². The van der Waals surface area contributed by atoms with Gasteiger partial charge in [0.15, 0.2) is 0 Å². The fourth-order valence-corrected chi connectivity index (χ4v) is 3.25. The van der Waals surface area contributed by atoms with Crippen molar-refractivity contribution in [3.63, 3.8) is 0 Å². The van der Waals surface area contributed by atoms with Crippen LogP contribution in [0.2, 0.25) is 0 Å². The lowest BCUT2D eigenvalue weighted by Crippen LogP contribution is -2.12. The molecule has 29 heavy (non-hydrogen) atoms. The lowest BCUT2D eigenvalue weighted by Gasteiger charge is -2.16. The zero-order valence-corrected chi connectivity index (χ0v) is 17.3. The molecule has 0 aromatic carbocycles. The predicted octanol–water partition coefficient (Wildman–Crippen LogP) is 2.79. The van der Waals surface area contributed by atoms with Crippen LogP contribution in [0.15, 0.2) is 36.9 Å². The summed E-state index contributed by atoms with van der Waals surface area (Å²) in [5, 5.41) is 3.38. The van der Waals surface area contributed by atoms with Gasteiger partial charge in [0.1, 0.15) is 17.9 Å². The second-order valence-electron chi connectivity index (χ2n) is 6.67. The van der Waals surface area contributed by atoms with Crippen molar-refractivity contribution in [2.45, 2.75) is 19.3 Å². The van der Waals surface area contributed by atoms with Crippen LogP contribution in [-0.4, -0.2) is 40.2 Å². The first-order chi connectivity index (χ1) is 13.7. The molecule has 0 saturated heterocycles. The molecule has 0 unspecified atom stereocenters. The van der Waals surface area contributed by atoms with Gasteiger partial charge in [0.2, 0.25) is 5.88 Å². The second kappa shape index (κ2) is 8.95. The number of aromatic nitrogens is 4. The summed E-state index contributed by atoms with van der Waals surface area (Å²) in [7, 11) is 1.54. The number of nitrogen functional groups attached to an aromatic ring is 1. The Hall–Kier alpha value is -3.07. The molecule has 4 heterocycles. The van der Waals surface area contributed by atoms with Crippen LogP contribution in [0.5, 0.6) is 11.6 Å². The van der Waals surface area contributed by atoms with Gasteiger partial charge in [-0.25, -0.2) is 15.0 Å². The van der Waals surface area contributed by atoms with Crippen molar-refractivity contribution in [3.8, 4) is 22.9 Å². The van der Waals surface area contributed by atoms with Crippen LogP contribution in [-0.2, 0) is 6.42 Å². The van der Waals surface area contributed by atoms with Crippen LogP contribution in [0.25, 0.3) is 11.3 Å². The fraction of sp³-hybridized carbons (Fsp3) is 0.300. The van der Waals surface area contributed by atoms with E-state index in [-0.39, 0.29) is 19.4 Å². The van der Waals surface area contributed by atoms with Crippen LogP contribution in [0, 0.1) is 0 Å². The van der Waals surface area contributed by atoms with Crippen LogP contribution < -0.4 is 20.5 Å². The molecule has 1 aliphatic rings. The lowest BCUT2D eigenvalue weighted by atomic mass is 10.00. The molecule has 1 atom stereocenters. The maximum atomic E-state index is 5.95. The number of rotatable bonds is 6. The summed E-state index contributed by atoms with van der Waals surface area (Å²) in [6, 6.07) is 5.69. The third kappa shape index (κ3) is 4.34. The summed E-state index contributed by atoms with van der Waals surface area (Å²) in [5.74, 6) is 2.31. The topological polar surface area (TPSA) is 108 Å². The van der Waals surface area contributed by atoms with Gasteiger partial charge < -0.3 is 20.5 Å². The summed E-state index contributed by atoms with van der Waals surface area (Å²) >= 11 is 0. The minimum absolute atomic E-state index is 0. The van der Waals surface area contributed by atoms with Crippen LogP contribution >= 0.6 is 13.5 Å². The van der Waals surface area contributed by atoms with Gasteiger partial charge in [-0.1, -0.05) is 6.92 Å². The molecule has 3 aromatic rings. The van der Waals surface area contributed by atoms with E-state index in [1.54, 1.807) is 12.3 Å². The zero-order chi connectivity index (χ0) is 19.5. The van der Waals surface area contributed by atoms with Crippen molar-refractivity contribution in [1.29, 1.82) is 0 Å². The third-order valence-corrected chi connectivity index (χ3v) is 4.75. The number of ether oxygens (including phenoxy) is 2. The highest BCUT2D eigenvalue weighted by molar-refractivity contribution is 7.59. The molecule has 0 bridgehead atoms. The van der Waals surface area contributed by atoms with Gasteiger partial charge in [-0.05, 0) is 12.1 Å². The van der Waals surface area contributed by atoms with E-state index in [9.17, 15) is 0 Å². The predicted molar refractivity (Wildman–Crippen MR) is 117 cm³/mol. The molecule has 0 aliphatic carbocycles. The molecule has 152 valence electrons. The number of hydrogen-bond donors (Lipinski definition) is 2. The molecule has 1 aliphatic heterocycles. The highest BCUT2D eigenvalue weighted by atomic mass is 32.1. The Kier molecular flexibility index (Phi) is 6.38. The Morgan fingerprint density at radius 1 is 1.24 bits per heavy atom. The molecule has 8 nitrogen and oxygen atoms in total. The zero-order valence-electron chi connectivity index (χ0n) is 16.3. The normalized spacial score (nSPS) is 13.0. The largest absolute Gasteiger partial charge is 0.491 e. The Morgan fingerprint density at radius 3 is 2.90 bits per heavy atom.